The number of fused-ring (bicyclic) bond motifs is 5. The van der Waals surface area contributed by atoms with E-state index in [0.29, 0.717) is 27.1 Å². The molecule has 1 saturated carbocycles. The summed E-state index contributed by atoms with van der Waals surface area (Å²) in [5, 5.41) is 34.6. The summed E-state index contributed by atoms with van der Waals surface area (Å²) in [5.74, 6) is -9.86. The SMILES string of the molecule is O=C(O)c1ccc(N2C(=O)[C@H]3[C@H](CC=C4[C@H]3C[C@H]3C(=O)N(Nc5ccc(F)cc5)C(=O)[C@@]3(c3ccc(Cl)cc3)[C@H]4c3ccc4ccccc4c3O)C2=O)cc1O. The Morgan fingerprint density at radius 3 is 2.29 bits per heavy atom. The number of halogens is 2. The van der Waals surface area contributed by atoms with E-state index in [1.54, 1.807) is 42.5 Å². The van der Waals surface area contributed by atoms with Crippen LogP contribution in [0.25, 0.3) is 10.8 Å². The molecule has 4 N–H and O–H groups in total. The minimum Gasteiger partial charge on any atom is -0.507 e. The number of benzene rings is 5. The van der Waals surface area contributed by atoms with Crippen molar-refractivity contribution >= 4 is 63.3 Å². The van der Waals surface area contributed by atoms with Crippen molar-refractivity contribution in [2.45, 2.75) is 24.2 Å². The molecule has 0 spiro atoms. The Labute approximate surface area is 323 Å². The molecule has 0 aromatic heterocycles. The number of rotatable bonds is 6. The molecule has 0 radical (unpaired) electrons. The highest BCUT2D eigenvalue weighted by atomic mass is 35.5. The Bertz CT molecular complexity index is 2580. The van der Waals surface area contributed by atoms with Crippen LogP contribution >= 0.6 is 11.6 Å². The number of carbonyl (C=O) groups excluding carboxylic acids is 4. The number of hydrazine groups is 1. The molecule has 11 nitrogen and oxygen atoms in total. The van der Waals surface area contributed by atoms with Crippen LogP contribution in [-0.2, 0) is 24.6 Å². The number of carbonyl (C=O) groups is 5. The van der Waals surface area contributed by atoms with Gasteiger partial charge in [0.25, 0.3) is 11.8 Å². The minimum atomic E-state index is -1.70. The van der Waals surface area contributed by atoms with E-state index < -0.39 is 81.7 Å². The van der Waals surface area contributed by atoms with Crippen LogP contribution in [0.3, 0.4) is 0 Å². The Morgan fingerprint density at radius 1 is 0.839 bits per heavy atom. The number of phenols is 2. The number of phenolic OH excluding ortho intramolecular Hbond substituents is 1. The zero-order valence-electron chi connectivity index (χ0n) is 29.2. The lowest BCUT2D eigenvalue weighted by molar-refractivity contribution is -0.138. The van der Waals surface area contributed by atoms with Crippen LogP contribution in [0.2, 0.25) is 5.02 Å². The van der Waals surface area contributed by atoms with Gasteiger partial charge in [-0.25, -0.2) is 14.1 Å². The van der Waals surface area contributed by atoms with Gasteiger partial charge in [-0.3, -0.25) is 24.6 Å². The van der Waals surface area contributed by atoms with Crippen molar-refractivity contribution in [3.8, 4) is 11.5 Å². The zero-order valence-corrected chi connectivity index (χ0v) is 30.0. The number of carboxylic acid groups (broad SMARTS) is 1. The number of aromatic hydroxyl groups is 2. The maximum absolute atomic E-state index is 15.4. The molecule has 0 bridgehead atoms. The average molecular weight is 772 g/mol. The monoisotopic (exact) mass is 771 g/mol. The van der Waals surface area contributed by atoms with Gasteiger partial charge in [0.15, 0.2) is 0 Å². The second kappa shape index (κ2) is 12.8. The van der Waals surface area contributed by atoms with Crippen LogP contribution in [0.5, 0.6) is 11.5 Å². The summed E-state index contributed by atoms with van der Waals surface area (Å²) < 4.78 is 13.9. The molecular weight excluding hydrogens is 741 g/mol. The molecule has 2 heterocycles. The van der Waals surface area contributed by atoms with Gasteiger partial charge < -0.3 is 15.3 Å². The van der Waals surface area contributed by atoms with Crippen LogP contribution in [0.15, 0.2) is 115 Å². The van der Waals surface area contributed by atoms with Gasteiger partial charge in [-0.2, -0.15) is 5.01 Å². The molecule has 56 heavy (non-hydrogen) atoms. The van der Waals surface area contributed by atoms with E-state index in [-0.39, 0.29) is 30.0 Å². The fraction of sp³-hybridized carbons (Fsp3) is 0.186. The summed E-state index contributed by atoms with van der Waals surface area (Å²) in [6.45, 7) is 0. The topological polar surface area (TPSA) is 165 Å². The lowest BCUT2D eigenvalue weighted by Gasteiger charge is -2.50. The number of anilines is 2. The third-order valence-corrected chi connectivity index (χ3v) is 12.2. The highest BCUT2D eigenvalue weighted by Gasteiger charge is 2.70. The van der Waals surface area contributed by atoms with Crippen molar-refractivity contribution < 1.29 is 43.7 Å². The summed E-state index contributed by atoms with van der Waals surface area (Å²) in [5.41, 5.74) is 2.44. The van der Waals surface area contributed by atoms with Gasteiger partial charge in [-0.05, 0) is 78.2 Å². The average Bonchev–Trinajstić information content (AvgIpc) is 3.57. The second-order valence-electron chi connectivity index (χ2n) is 14.6. The first-order valence-electron chi connectivity index (χ1n) is 17.9. The van der Waals surface area contributed by atoms with Crippen molar-refractivity contribution in [3.05, 3.63) is 142 Å². The minimum absolute atomic E-state index is 0.00436. The number of allylic oxidation sites excluding steroid dienone is 2. The lowest BCUT2D eigenvalue weighted by atomic mass is 9.49. The zero-order chi connectivity index (χ0) is 39.2. The number of imide groups is 2. The molecule has 2 aliphatic carbocycles. The second-order valence-corrected chi connectivity index (χ2v) is 15.1. The maximum atomic E-state index is 15.4. The number of nitrogens with zero attached hydrogens (tertiary/aromatic N) is 2. The van der Waals surface area contributed by atoms with E-state index in [9.17, 15) is 38.9 Å². The van der Waals surface area contributed by atoms with Crippen LogP contribution < -0.4 is 10.3 Å². The molecule has 9 rings (SSSR count). The highest BCUT2D eigenvalue weighted by molar-refractivity contribution is 6.30. The highest BCUT2D eigenvalue weighted by Crippen LogP contribution is 2.65. The Kier molecular flexibility index (Phi) is 8.03. The molecule has 2 saturated heterocycles. The summed E-state index contributed by atoms with van der Waals surface area (Å²) in [6.07, 6.45) is 1.89. The molecule has 5 aromatic carbocycles. The summed E-state index contributed by atoms with van der Waals surface area (Å²) in [7, 11) is 0. The Hall–Kier alpha value is -6.53. The molecule has 2 aliphatic heterocycles. The molecule has 4 aliphatic rings. The van der Waals surface area contributed by atoms with Gasteiger partial charge in [0, 0.05) is 28.0 Å². The Morgan fingerprint density at radius 2 is 1.57 bits per heavy atom. The van der Waals surface area contributed by atoms with Crippen molar-refractivity contribution in [1.82, 2.24) is 5.01 Å². The number of aromatic carboxylic acids is 1. The first kappa shape index (κ1) is 35.2. The predicted octanol–water partition coefficient (Wildman–Crippen LogP) is 6.93. The number of hydrogen-bond acceptors (Lipinski definition) is 8. The van der Waals surface area contributed by atoms with Crippen molar-refractivity contribution in [3.63, 3.8) is 0 Å². The lowest BCUT2D eigenvalue weighted by Crippen LogP contribution is -2.53. The molecule has 3 fully saturated rings. The fourth-order valence-electron chi connectivity index (χ4n) is 9.60. The molecule has 5 aromatic rings. The quantitative estimate of drug-likeness (QED) is 0.106. The molecule has 13 heteroatoms. The van der Waals surface area contributed by atoms with Gasteiger partial charge in [0.05, 0.1) is 34.5 Å². The van der Waals surface area contributed by atoms with Crippen LogP contribution in [0.4, 0.5) is 15.8 Å². The fourth-order valence-corrected chi connectivity index (χ4v) is 9.73. The first-order chi connectivity index (χ1) is 26.9. The third kappa shape index (κ3) is 4.98. The number of carboxylic acids is 1. The van der Waals surface area contributed by atoms with Crippen molar-refractivity contribution in [2.24, 2.45) is 23.7 Å². The first-order valence-corrected chi connectivity index (χ1v) is 18.3. The largest absolute Gasteiger partial charge is 0.507 e. The van der Waals surface area contributed by atoms with E-state index in [0.717, 1.165) is 27.4 Å². The molecule has 280 valence electrons. The molecule has 6 atom stereocenters. The molecular formula is C43H31ClFN3O8. The third-order valence-electron chi connectivity index (χ3n) is 12.0. The van der Waals surface area contributed by atoms with Crippen molar-refractivity contribution in [2.75, 3.05) is 10.3 Å². The summed E-state index contributed by atoms with van der Waals surface area (Å²) >= 11 is 6.37. The van der Waals surface area contributed by atoms with Gasteiger partial charge in [-0.15, -0.1) is 0 Å². The normalized spacial score (nSPS) is 25.5. The van der Waals surface area contributed by atoms with E-state index in [1.165, 1.54) is 30.3 Å². The Balaban J connectivity index is 1.25. The predicted molar refractivity (Wildman–Crippen MR) is 202 cm³/mol. The van der Waals surface area contributed by atoms with Gasteiger partial charge >= 0.3 is 5.97 Å². The van der Waals surface area contributed by atoms with Gasteiger partial charge in [0.1, 0.15) is 22.9 Å². The maximum Gasteiger partial charge on any atom is 0.339 e. The van der Waals surface area contributed by atoms with Crippen LogP contribution in [0, 0.1) is 29.5 Å². The number of nitrogens with one attached hydrogen (secondary N) is 1. The van der Waals surface area contributed by atoms with E-state index >= 15 is 4.79 Å². The van der Waals surface area contributed by atoms with E-state index in [1.807, 2.05) is 24.3 Å². The van der Waals surface area contributed by atoms with Gasteiger partial charge in [-0.1, -0.05) is 71.8 Å². The molecule has 0 unspecified atom stereocenters. The van der Waals surface area contributed by atoms with Gasteiger partial charge in [0.2, 0.25) is 11.8 Å². The number of hydrogen-bond donors (Lipinski definition) is 4. The summed E-state index contributed by atoms with van der Waals surface area (Å²) in [6, 6.07) is 25.9. The standard InChI is InChI=1S/C43H31ClFN3O8/c44-23-8-6-22(7-9-23)43-33(39(52)48(42(43)56)46-25-12-10-24(45)11-13-25)20-32-28(36(43)31-15-5-21-3-1-2-4-27(21)37(31)50)17-18-30-35(32)40(53)47(38(30)51)26-14-16-29(41(54)55)34(49)19-26/h1-17,19,30,32-33,35-36,46,49-50H,18,20H2,(H,54,55)/t30-,32+,33-,35-,36+,43+/m0/s1. The smallest absolute Gasteiger partial charge is 0.339 e. The van der Waals surface area contributed by atoms with Crippen LogP contribution in [-0.4, -0.2) is 49.9 Å². The van der Waals surface area contributed by atoms with E-state index in [4.69, 9.17) is 11.6 Å². The van der Waals surface area contributed by atoms with Crippen LogP contribution in [0.1, 0.15) is 40.2 Å². The number of amides is 4. The van der Waals surface area contributed by atoms with Crippen molar-refractivity contribution in [1.29, 1.82) is 0 Å². The molecule has 4 amide bonds. The van der Waals surface area contributed by atoms with E-state index in [2.05, 4.69) is 5.43 Å². The summed E-state index contributed by atoms with van der Waals surface area (Å²) in [4.78, 5) is 71.5.